The van der Waals surface area contributed by atoms with Crippen LogP contribution in [0.5, 0.6) is 0 Å². The fourth-order valence-electron chi connectivity index (χ4n) is 3.51. The molecule has 4 nitrogen and oxygen atoms in total. The number of hydrogen-bond acceptors (Lipinski definition) is 3. The molecule has 0 aliphatic carbocycles. The molecule has 3 atom stereocenters. The summed E-state index contributed by atoms with van der Waals surface area (Å²) in [6.07, 6.45) is 2.34. The number of rotatable bonds is 5. The highest BCUT2D eigenvalue weighted by atomic mass is 16.2. The fourth-order valence-corrected chi connectivity index (χ4v) is 3.51. The van der Waals surface area contributed by atoms with Crippen molar-refractivity contribution < 1.29 is 4.79 Å². The van der Waals surface area contributed by atoms with Crippen LogP contribution in [0.4, 0.5) is 0 Å². The van der Waals surface area contributed by atoms with Gasteiger partial charge in [-0.3, -0.25) is 10.1 Å². The van der Waals surface area contributed by atoms with Crippen LogP contribution in [0.2, 0.25) is 0 Å². The van der Waals surface area contributed by atoms with Gasteiger partial charge >= 0.3 is 0 Å². The molecule has 0 spiro atoms. The van der Waals surface area contributed by atoms with Gasteiger partial charge in [0, 0.05) is 19.1 Å². The summed E-state index contributed by atoms with van der Waals surface area (Å²) in [7, 11) is 0. The number of carbonyl (C=O) groups excluding carboxylic acids is 1. The van der Waals surface area contributed by atoms with Crippen LogP contribution in [0, 0.1) is 11.8 Å². The van der Waals surface area contributed by atoms with E-state index in [0.717, 1.165) is 19.5 Å². The Morgan fingerprint density at radius 3 is 2.50 bits per heavy atom. The van der Waals surface area contributed by atoms with Gasteiger partial charge in [0.2, 0.25) is 5.91 Å². The Kier molecular flexibility index (Phi) is 5.08. The van der Waals surface area contributed by atoms with Crippen LogP contribution in [0.15, 0.2) is 0 Å². The van der Waals surface area contributed by atoms with E-state index in [1.165, 1.54) is 13.0 Å². The van der Waals surface area contributed by atoms with Crippen molar-refractivity contribution in [3.8, 4) is 0 Å². The molecule has 1 amide bonds. The maximum absolute atomic E-state index is 12.5. The normalized spacial score (nSPS) is 32.0. The molecule has 3 unspecified atom stereocenters. The van der Waals surface area contributed by atoms with E-state index in [1.807, 2.05) is 0 Å². The number of hydrogen-bond donors (Lipinski definition) is 1. The molecule has 2 fully saturated rings. The molecule has 0 aromatic carbocycles. The number of nitrogens with zero attached hydrogens (tertiary/aromatic N) is 2. The van der Waals surface area contributed by atoms with Gasteiger partial charge in [-0.25, -0.2) is 0 Å². The van der Waals surface area contributed by atoms with Gasteiger partial charge in [-0.1, -0.05) is 20.8 Å². The summed E-state index contributed by atoms with van der Waals surface area (Å²) in [5.41, 5.74) is 0. The lowest BCUT2D eigenvalue weighted by atomic mass is 10.1. The molecule has 0 aromatic rings. The van der Waals surface area contributed by atoms with Crippen molar-refractivity contribution in [1.82, 2.24) is 15.1 Å². The van der Waals surface area contributed by atoms with Crippen molar-refractivity contribution >= 4 is 5.91 Å². The second-order valence-electron chi connectivity index (χ2n) is 7.05. The van der Waals surface area contributed by atoms with Crippen molar-refractivity contribution in [3.05, 3.63) is 0 Å². The zero-order chi connectivity index (χ0) is 14.9. The largest absolute Gasteiger partial charge is 0.325 e. The first-order chi connectivity index (χ1) is 9.43. The van der Waals surface area contributed by atoms with Crippen LogP contribution in [0.3, 0.4) is 0 Å². The number of nitrogens with one attached hydrogen (secondary N) is 1. The highest BCUT2D eigenvalue weighted by molar-refractivity contribution is 5.84. The molecule has 2 rings (SSSR count). The van der Waals surface area contributed by atoms with E-state index in [1.54, 1.807) is 0 Å². The number of likely N-dealkylation sites (tertiary alicyclic amines) is 1. The van der Waals surface area contributed by atoms with Gasteiger partial charge in [-0.05, 0) is 45.1 Å². The summed E-state index contributed by atoms with van der Waals surface area (Å²) in [6.45, 7) is 14.3. The van der Waals surface area contributed by atoms with Crippen molar-refractivity contribution in [1.29, 1.82) is 0 Å². The summed E-state index contributed by atoms with van der Waals surface area (Å²) >= 11 is 0. The third-order valence-electron chi connectivity index (χ3n) is 4.83. The Morgan fingerprint density at radius 2 is 2.00 bits per heavy atom. The summed E-state index contributed by atoms with van der Waals surface area (Å²) < 4.78 is 0. The van der Waals surface area contributed by atoms with Crippen LogP contribution >= 0.6 is 0 Å². The van der Waals surface area contributed by atoms with Crippen molar-refractivity contribution in [2.24, 2.45) is 11.8 Å². The molecular weight excluding hydrogens is 250 g/mol. The predicted molar refractivity (Wildman–Crippen MR) is 82.4 cm³/mol. The SMILES string of the molecule is CCC1NC(C(C)C)N(CC2CCN(C(C)C)C2)C1=O. The molecular formula is C16H31N3O. The van der Waals surface area contributed by atoms with E-state index in [2.05, 4.69) is 49.7 Å². The van der Waals surface area contributed by atoms with Gasteiger partial charge in [0.25, 0.3) is 0 Å². The molecule has 2 aliphatic rings. The quantitative estimate of drug-likeness (QED) is 0.836. The van der Waals surface area contributed by atoms with Gasteiger partial charge < -0.3 is 9.80 Å². The van der Waals surface area contributed by atoms with Gasteiger partial charge in [-0.15, -0.1) is 0 Å². The van der Waals surface area contributed by atoms with Gasteiger partial charge in [0.15, 0.2) is 0 Å². The molecule has 0 saturated carbocycles. The molecule has 116 valence electrons. The summed E-state index contributed by atoms with van der Waals surface area (Å²) in [6, 6.07) is 0.654. The second-order valence-corrected chi connectivity index (χ2v) is 7.05. The van der Waals surface area contributed by atoms with Gasteiger partial charge in [-0.2, -0.15) is 0 Å². The maximum Gasteiger partial charge on any atom is 0.241 e. The predicted octanol–water partition coefficient (Wildman–Crippen LogP) is 1.91. The van der Waals surface area contributed by atoms with Crippen molar-refractivity contribution in [3.63, 3.8) is 0 Å². The van der Waals surface area contributed by atoms with E-state index in [0.29, 0.717) is 23.8 Å². The summed E-state index contributed by atoms with van der Waals surface area (Å²) in [5.74, 6) is 1.42. The summed E-state index contributed by atoms with van der Waals surface area (Å²) in [5, 5.41) is 3.51. The standard InChI is InChI=1S/C16H31N3O/c1-6-14-16(20)19(15(17-14)11(2)3)10-13-7-8-18(9-13)12(4)5/h11-15,17H,6-10H2,1-5H3. The first-order valence-corrected chi connectivity index (χ1v) is 8.24. The lowest BCUT2D eigenvalue weighted by molar-refractivity contribution is -0.131. The Labute approximate surface area is 123 Å². The molecule has 0 radical (unpaired) electrons. The van der Waals surface area contributed by atoms with Crippen LogP contribution in [0.25, 0.3) is 0 Å². The highest BCUT2D eigenvalue weighted by Gasteiger charge is 2.40. The first-order valence-electron chi connectivity index (χ1n) is 8.24. The van der Waals surface area contributed by atoms with Crippen molar-refractivity contribution in [2.75, 3.05) is 19.6 Å². The minimum atomic E-state index is 0.0324. The second kappa shape index (κ2) is 6.44. The van der Waals surface area contributed by atoms with E-state index in [-0.39, 0.29) is 12.2 Å². The molecule has 1 N–H and O–H groups in total. The smallest absolute Gasteiger partial charge is 0.241 e. The van der Waals surface area contributed by atoms with Crippen molar-refractivity contribution in [2.45, 2.75) is 65.7 Å². The fraction of sp³-hybridized carbons (Fsp3) is 0.938. The van der Waals surface area contributed by atoms with E-state index >= 15 is 0 Å². The number of carbonyl (C=O) groups is 1. The summed E-state index contributed by atoms with van der Waals surface area (Å²) in [4.78, 5) is 17.2. The zero-order valence-corrected chi connectivity index (χ0v) is 13.7. The molecule has 20 heavy (non-hydrogen) atoms. The molecule has 2 saturated heterocycles. The molecule has 2 heterocycles. The molecule has 0 bridgehead atoms. The lowest BCUT2D eigenvalue weighted by Crippen LogP contribution is -2.44. The number of amides is 1. The molecule has 0 aromatic heterocycles. The van der Waals surface area contributed by atoms with E-state index < -0.39 is 0 Å². The minimum absolute atomic E-state index is 0.0324. The lowest BCUT2D eigenvalue weighted by Gasteiger charge is -2.30. The first kappa shape index (κ1) is 15.8. The molecule has 4 heteroatoms. The average Bonchev–Trinajstić information content (AvgIpc) is 2.96. The maximum atomic E-state index is 12.5. The third-order valence-corrected chi connectivity index (χ3v) is 4.83. The zero-order valence-electron chi connectivity index (χ0n) is 13.7. The van der Waals surface area contributed by atoms with E-state index in [4.69, 9.17) is 0 Å². The Balaban J connectivity index is 1.98. The van der Waals surface area contributed by atoms with Crippen LogP contribution in [-0.4, -0.2) is 53.6 Å². The Hall–Kier alpha value is -0.610. The van der Waals surface area contributed by atoms with Crippen LogP contribution < -0.4 is 5.32 Å². The van der Waals surface area contributed by atoms with Crippen LogP contribution in [0.1, 0.15) is 47.5 Å². The highest BCUT2D eigenvalue weighted by Crippen LogP contribution is 2.25. The minimum Gasteiger partial charge on any atom is -0.325 e. The topological polar surface area (TPSA) is 35.6 Å². The average molecular weight is 281 g/mol. The third kappa shape index (κ3) is 3.17. The van der Waals surface area contributed by atoms with Gasteiger partial charge in [0.1, 0.15) is 0 Å². The Bertz CT molecular complexity index is 343. The van der Waals surface area contributed by atoms with E-state index in [9.17, 15) is 4.79 Å². The van der Waals surface area contributed by atoms with Crippen LogP contribution in [-0.2, 0) is 4.79 Å². The molecule has 2 aliphatic heterocycles. The monoisotopic (exact) mass is 281 g/mol. The Morgan fingerprint density at radius 1 is 1.30 bits per heavy atom. The van der Waals surface area contributed by atoms with Gasteiger partial charge in [0.05, 0.1) is 12.2 Å².